The van der Waals surface area contributed by atoms with Crippen LogP contribution in [0.1, 0.15) is 25.0 Å². The Morgan fingerprint density at radius 2 is 2.00 bits per heavy atom. The SMILES string of the molecule is CC1(C)OCc2cc(O)c(S(C)(=O)=O)cc21. The number of phenolic OH excluding ortho intramolecular Hbond substituents is 1. The van der Waals surface area contributed by atoms with Crippen LogP contribution in [0, 0.1) is 0 Å². The molecule has 0 atom stereocenters. The number of sulfone groups is 1. The van der Waals surface area contributed by atoms with Crippen molar-refractivity contribution in [2.45, 2.75) is 31.0 Å². The van der Waals surface area contributed by atoms with E-state index in [2.05, 4.69) is 0 Å². The Hall–Kier alpha value is -1.07. The molecule has 1 aromatic rings. The summed E-state index contributed by atoms with van der Waals surface area (Å²) in [5.41, 5.74) is 1.17. The van der Waals surface area contributed by atoms with Crippen LogP contribution in [-0.4, -0.2) is 19.8 Å². The van der Waals surface area contributed by atoms with Crippen LogP contribution in [-0.2, 0) is 26.8 Å². The molecule has 0 unspecified atom stereocenters. The number of phenols is 1. The fourth-order valence-corrected chi connectivity index (χ4v) is 2.70. The van der Waals surface area contributed by atoms with Crippen LogP contribution < -0.4 is 0 Å². The van der Waals surface area contributed by atoms with Crippen LogP contribution in [0.5, 0.6) is 5.75 Å². The molecule has 0 fully saturated rings. The molecule has 5 heteroatoms. The van der Waals surface area contributed by atoms with E-state index in [1.807, 2.05) is 13.8 Å². The van der Waals surface area contributed by atoms with Crippen molar-refractivity contribution in [3.63, 3.8) is 0 Å². The monoisotopic (exact) mass is 242 g/mol. The van der Waals surface area contributed by atoms with Crippen LogP contribution in [0.2, 0.25) is 0 Å². The van der Waals surface area contributed by atoms with E-state index in [1.165, 1.54) is 12.1 Å². The lowest BCUT2D eigenvalue weighted by Gasteiger charge is -2.18. The molecule has 1 aliphatic heterocycles. The lowest BCUT2D eigenvalue weighted by molar-refractivity contribution is -0.00796. The summed E-state index contributed by atoms with van der Waals surface area (Å²) >= 11 is 0. The van der Waals surface area contributed by atoms with Crippen molar-refractivity contribution in [2.24, 2.45) is 0 Å². The molecule has 1 heterocycles. The van der Waals surface area contributed by atoms with Crippen molar-refractivity contribution in [3.05, 3.63) is 23.3 Å². The zero-order valence-corrected chi connectivity index (χ0v) is 10.3. The fraction of sp³-hybridized carbons (Fsp3) is 0.455. The van der Waals surface area contributed by atoms with Gasteiger partial charge in [-0.05, 0) is 37.1 Å². The third-order valence-corrected chi connectivity index (χ3v) is 3.95. The first-order valence-electron chi connectivity index (χ1n) is 4.92. The highest BCUT2D eigenvalue weighted by Gasteiger charge is 2.33. The molecule has 0 aromatic heterocycles. The van der Waals surface area contributed by atoms with Gasteiger partial charge in [-0.2, -0.15) is 0 Å². The Balaban J connectivity index is 2.70. The van der Waals surface area contributed by atoms with Gasteiger partial charge in [0.15, 0.2) is 9.84 Å². The van der Waals surface area contributed by atoms with Crippen molar-refractivity contribution in [2.75, 3.05) is 6.26 Å². The summed E-state index contributed by atoms with van der Waals surface area (Å²) in [7, 11) is -3.41. The molecular formula is C11H14O4S. The highest BCUT2D eigenvalue weighted by atomic mass is 32.2. The van der Waals surface area contributed by atoms with E-state index < -0.39 is 15.4 Å². The van der Waals surface area contributed by atoms with E-state index in [0.717, 1.165) is 17.4 Å². The number of rotatable bonds is 1. The van der Waals surface area contributed by atoms with Gasteiger partial charge >= 0.3 is 0 Å². The molecule has 0 saturated carbocycles. The standard InChI is InChI=1S/C11H14O4S/c1-11(2)8-5-10(16(3,13)14)9(12)4-7(8)6-15-11/h4-5,12H,6H2,1-3H3. The second kappa shape index (κ2) is 3.21. The first kappa shape index (κ1) is 11.4. The van der Waals surface area contributed by atoms with E-state index in [4.69, 9.17) is 4.74 Å². The maximum Gasteiger partial charge on any atom is 0.179 e. The van der Waals surface area contributed by atoms with E-state index in [9.17, 15) is 13.5 Å². The number of fused-ring (bicyclic) bond motifs is 1. The lowest BCUT2D eigenvalue weighted by Crippen LogP contribution is -2.15. The molecule has 0 bridgehead atoms. The van der Waals surface area contributed by atoms with Gasteiger partial charge in [-0.25, -0.2) is 8.42 Å². The zero-order chi connectivity index (χ0) is 12.1. The summed E-state index contributed by atoms with van der Waals surface area (Å²) in [5.74, 6) is -0.206. The van der Waals surface area contributed by atoms with Crippen LogP contribution >= 0.6 is 0 Å². The Morgan fingerprint density at radius 3 is 2.56 bits per heavy atom. The van der Waals surface area contributed by atoms with Gasteiger partial charge in [-0.1, -0.05) is 0 Å². The summed E-state index contributed by atoms with van der Waals surface area (Å²) in [5, 5.41) is 9.65. The van der Waals surface area contributed by atoms with Crippen LogP contribution in [0.4, 0.5) is 0 Å². The molecule has 0 aliphatic carbocycles. The molecule has 1 aromatic carbocycles. The average Bonchev–Trinajstić information content (AvgIpc) is 2.39. The van der Waals surface area contributed by atoms with Gasteiger partial charge in [0.25, 0.3) is 0 Å². The molecule has 2 rings (SSSR count). The van der Waals surface area contributed by atoms with Gasteiger partial charge < -0.3 is 9.84 Å². The Morgan fingerprint density at radius 1 is 1.38 bits per heavy atom. The van der Waals surface area contributed by atoms with Crippen molar-refractivity contribution in [1.82, 2.24) is 0 Å². The number of hydrogen-bond acceptors (Lipinski definition) is 4. The second-order valence-electron chi connectivity index (χ2n) is 4.55. The van der Waals surface area contributed by atoms with Gasteiger partial charge in [0, 0.05) is 6.26 Å². The molecule has 0 saturated heterocycles. The smallest absolute Gasteiger partial charge is 0.179 e. The molecule has 1 N–H and O–H groups in total. The van der Waals surface area contributed by atoms with Gasteiger partial charge in [0.05, 0.1) is 12.2 Å². The van der Waals surface area contributed by atoms with Gasteiger partial charge in [0.2, 0.25) is 0 Å². The van der Waals surface area contributed by atoms with Gasteiger partial charge in [-0.3, -0.25) is 0 Å². The number of benzene rings is 1. The first-order chi connectivity index (χ1) is 7.22. The minimum absolute atomic E-state index is 0.0372. The molecule has 16 heavy (non-hydrogen) atoms. The van der Waals surface area contributed by atoms with Crippen LogP contribution in [0.25, 0.3) is 0 Å². The molecule has 0 radical (unpaired) electrons. The summed E-state index contributed by atoms with van der Waals surface area (Å²) in [6.07, 6.45) is 1.08. The zero-order valence-electron chi connectivity index (χ0n) is 9.44. The first-order valence-corrected chi connectivity index (χ1v) is 6.81. The predicted molar refractivity (Wildman–Crippen MR) is 59.0 cm³/mol. The summed E-state index contributed by atoms with van der Waals surface area (Å²) < 4.78 is 28.5. The molecule has 0 spiro atoms. The number of ether oxygens (including phenoxy) is 1. The molecular weight excluding hydrogens is 228 g/mol. The van der Waals surface area contributed by atoms with Crippen molar-refractivity contribution in [3.8, 4) is 5.75 Å². The topological polar surface area (TPSA) is 63.6 Å². The highest BCUT2D eigenvalue weighted by molar-refractivity contribution is 7.90. The summed E-state index contributed by atoms with van der Waals surface area (Å²) in [6, 6.07) is 2.98. The third kappa shape index (κ3) is 1.70. The maximum atomic E-state index is 11.5. The third-order valence-electron chi connectivity index (χ3n) is 2.82. The maximum absolute atomic E-state index is 11.5. The minimum Gasteiger partial charge on any atom is -0.507 e. The van der Waals surface area contributed by atoms with Crippen LogP contribution in [0.15, 0.2) is 17.0 Å². The summed E-state index contributed by atoms with van der Waals surface area (Å²) in [4.78, 5) is -0.0372. The van der Waals surface area contributed by atoms with Crippen LogP contribution in [0.3, 0.4) is 0 Å². The van der Waals surface area contributed by atoms with Gasteiger partial charge in [-0.15, -0.1) is 0 Å². The molecule has 4 nitrogen and oxygen atoms in total. The quantitative estimate of drug-likeness (QED) is 0.811. The normalized spacial score (nSPS) is 18.4. The average molecular weight is 242 g/mol. The highest BCUT2D eigenvalue weighted by Crippen LogP contribution is 2.40. The number of aromatic hydroxyl groups is 1. The fourth-order valence-electron chi connectivity index (χ4n) is 1.92. The molecule has 88 valence electrons. The molecule has 0 amide bonds. The van der Waals surface area contributed by atoms with Crippen molar-refractivity contribution < 1.29 is 18.3 Å². The predicted octanol–water partition coefficient (Wildman–Crippen LogP) is 1.56. The van der Waals surface area contributed by atoms with E-state index in [-0.39, 0.29) is 10.6 Å². The molecule has 1 aliphatic rings. The lowest BCUT2D eigenvalue weighted by atomic mass is 9.96. The Labute approximate surface area is 94.8 Å². The van der Waals surface area contributed by atoms with Gasteiger partial charge in [0.1, 0.15) is 10.6 Å². The van der Waals surface area contributed by atoms with Crippen molar-refractivity contribution in [1.29, 1.82) is 0 Å². The van der Waals surface area contributed by atoms with Crippen molar-refractivity contribution >= 4 is 9.84 Å². The van der Waals surface area contributed by atoms with E-state index >= 15 is 0 Å². The largest absolute Gasteiger partial charge is 0.507 e. The Bertz CT molecular complexity index is 543. The van der Waals surface area contributed by atoms with E-state index in [0.29, 0.717) is 6.61 Å². The second-order valence-corrected chi connectivity index (χ2v) is 6.53. The number of hydrogen-bond donors (Lipinski definition) is 1. The summed E-state index contributed by atoms with van der Waals surface area (Å²) in [6.45, 7) is 4.16. The minimum atomic E-state index is -3.41. The van der Waals surface area contributed by atoms with E-state index in [1.54, 1.807) is 0 Å². The Kier molecular flexibility index (Phi) is 2.29.